The van der Waals surface area contributed by atoms with Gasteiger partial charge < -0.3 is 14.3 Å². The minimum absolute atomic E-state index is 0.00101. The van der Waals surface area contributed by atoms with Gasteiger partial charge in [-0.25, -0.2) is 0 Å². The zero-order valence-corrected chi connectivity index (χ0v) is 16.3. The van der Waals surface area contributed by atoms with E-state index in [0.29, 0.717) is 24.3 Å². The van der Waals surface area contributed by atoms with Gasteiger partial charge in [0.05, 0.1) is 0 Å². The number of aryl methyl sites for hydroxylation is 1. The lowest BCUT2D eigenvalue weighted by atomic mass is 9.95. The Morgan fingerprint density at radius 3 is 2.59 bits per heavy atom. The molecule has 27 heavy (non-hydrogen) atoms. The van der Waals surface area contributed by atoms with Crippen molar-refractivity contribution in [1.82, 2.24) is 15.0 Å². The van der Waals surface area contributed by atoms with Gasteiger partial charge in [0.15, 0.2) is 5.69 Å². The van der Waals surface area contributed by atoms with E-state index >= 15 is 0 Å². The highest BCUT2D eigenvalue weighted by Crippen LogP contribution is 2.37. The van der Waals surface area contributed by atoms with Crippen molar-refractivity contribution in [3.63, 3.8) is 0 Å². The summed E-state index contributed by atoms with van der Waals surface area (Å²) in [6.07, 6.45) is 6.38. The molecule has 0 N–H and O–H groups in total. The van der Waals surface area contributed by atoms with Crippen molar-refractivity contribution < 1.29 is 9.32 Å². The third-order valence-corrected chi connectivity index (χ3v) is 6.25. The smallest absolute Gasteiger partial charge is 0.276 e. The molecule has 2 saturated heterocycles. The minimum Gasteiger partial charge on any atom is -0.361 e. The van der Waals surface area contributed by atoms with Crippen LogP contribution < -0.4 is 0 Å². The second-order valence-electron chi connectivity index (χ2n) is 8.02. The first-order valence-electron chi connectivity index (χ1n) is 10.2. The number of hydrogen-bond acceptors (Lipinski definition) is 4. The summed E-state index contributed by atoms with van der Waals surface area (Å²) in [6, 6.07) is 13.5. The van der Waals surface area contributed by atoms with E-state index in [0.717, 1.165) is 37.0 Å². The molecule has 1 aromatic heterocycles. The van der Waals surface area contributed by atoms with Crippen molar-refractivity contribution in [1.29, 1.82) is 0 Å². The minimum atomic E-state index is -0.00101. The van der Waals surface area contributed by atoms with Gasteiger partial charge >= 0.3 is 0 Å². The molecule has 1 unspecified atom stereocenters. The summed E-state index contributed by atoms with van der Waals surface area (Å²) in [5, 5.41) is 4.08. The van der Waals surface area contributed by atoms with Gasteiger partial charge in [-0.1, -0.05) is 42.4 Å². The number of carbonyl (C=O) groups is 1. The van der Waals surface area contributed by atoms with Gasteiger partial charge in [-0.15, -0.1) is 0 Å². The van der Waals surface area contributed by atoms with Crippen LogP contribution >= 0.6 is 0 Å². The molecule has 2 fully saturated rings. The Balaban J connectivity index is 1.58. The van der Waals surface area contributed by atoms with Crippen molar-refractivity contribution >= 4 is 5.91 Å². The van der Waals surface area contributed by atoms with Gasteiger partial charge in [0.25, 0.3) is 5.91 Å². The lowest BCUT2D eigenvalue weighted by Crippen LogP contribution is -2.50. The van der Waals surface area contributed by atoms with E-state index in [2.05, 4.69) is 36.2 Å². The highest BCUT2D eigenvalue weighted by molar-refractivity contribution is 5.92. The molecule has 5 nitrogen and oxygen atoms in total. The lowest BCUT2D eigenvalue weighted by molar-refractivity contribution is 0.0451. The number of amides is 1. The first-order valence-corrected chi connectivity index (χ1v) is 10.2. The van der Waals surface area contributed by atoms with Crippen LogP contribution in [0.2, 0.25) is 0 Å². The average Bonchev–Trinajstić information content (AvgIpc) is 3.21. The zero-order chi connectivity index (χ0) is 18.8. The number of rotatable bonds is 6. The maximum absolute atomic E-state index is 13.4. The Morgan fingerprint density at radius 1 is 1.22 bits per heavy atom. The number of benzene rings is 1. The molecule has 3 heterocycles. The largest absolute Gasteiger partial charge is 0.361 e. The SMILES string of the molecule is CCCc1cc(C(=O)N(Cc2ccccc2)C2C[C@H]3CC[C@@H](C2)N3C)no1. The fourth-order valence-electron chi connectivity index (χ4n) is 4.71. The Bertz CT molecular complexity index is 759. The molecule has 5 heteroatoms. The molecule has 1 amide bonds. The van der Waals surface area contributed by atoms with Gasteiger partial charge in [-0.3, -0.25) is 4.79 Å². The summed E-state index contributed by atoms with van der Waals surface area (Å²) in [7, 11) is 2.23. The topological polar surface area (TPSA) is 49.6 Å². The molecule has 0 aliphatic carbocycles. The predicted molar refractivity (Wildman–Crippen MR) is 104 cm³/mol. The van der Waals surface area contributed by atoms with Crippen LogP contribution in [-0.4, -0.2) is 46.0 Å². The van der Waals surface area contributed by atoms with Crippen LogP contribution in [0.15, 0.2) is 40.9 Å². The van der Waals surface area contributed by atoms with Crippen LogP contribution in [0.25, 0.3) is 0 Å². The fraction of sp³-hybridized carbons (Fsp3) is 0.545. The van der Waals surface area contributed by atoms with Gasteiger partial charge in [0, 0.05) is 37.2 Å². The molecule has 3 atom stereocenters. The summed E-state index contributed by atoms with van der Waals surface area (Å²) in [6.45, 7) is 2.73. The number of piperidine rings is 1. The van der Waals surface area contributed by atoms with Crippen molar-refractivity contribution in [2.45, 2.75) is 70.1 Å². The van der Waals surface area contributed by atoms with Crippen molar-refractivity contribution in [2.75, 3.05) is 7.05 Å². The van der Waals surface area contributed by atoms with E-state index in [4.69, 9.17) is 4.52 Å². The highest BCUT2D eigenvalue weighted by Gasteiger charge is 2.42. The lowest BCUT2D eigenvalue weighted by Gasteiger charge is -2.41. The predicted octanol–water partition coefficient (Wildman–Crippen LogP) is 3.89. The number of fused-ring (bicyclic) bond motifs is 2. The quantitative estimate of drug-likeness (QED) is 0.777. The molecule has 2 bridgehead atoms. The second kappa shape index (κ2) is 7.85. The maximum atomic E-state index is 13.4. The Morgan fingerprint density at radius 2 is 1.93 bits per heavy atom. The van der Waals surface area contributed by atoms with Gasteiger partial charge in [-0.2, -0.15) is 0 Å². The average molecular weight is 367 g/mol. The molecule has 0 spiro atoms. The van der Waals surface area contributed by atoms with Gasteiger partial charge in [0.2, 0.25) is 0 Å². The second-order valence-corrected chi connectivity index (χ2v) is 8.02. The van der Waals surface area contributed by atoms with E-state index in [-0.39, 0.29) is 11.9 Å². The third-order valence-electron chi connectivity index (χ3n) is 6.25. The summed E-state index contributed by atoms with van der Waals surface area (Å²) >= 11 is 0. The Labute approximate surface area is 161 Å². The number of aromatic nitrogens is 1. The summed E-state index contributed by atoms with van der Waals surface area (Å²) in [5.41, 5.74) is 1.61. The van der Waals surface area contributed by atoms with Crippen LogP contribution in [0.5, 0.6) is 0 Å². The molecule has 0 radical (unpaired) electrons. The van der Waals surface area contributed by atoms with Crippen LogP contribution in [0.1, 0.15) is 60.8 Å². The Kier molecular flexibility index (Phi) is 5.30. The molecule has 144 valence electrons. The van der Waals surface area contributed by atoms with Gasteiger partial charge in [-0.05, 0) is 44.7 Å². The normalized spacial score (nSPS) is 24.9. The number of hydrogen-bond donors (Lipinski definition) is 0. The first-order chi connectivity index (χ1) is 13.2. The molecule has 1 aromatic carbocycles. The zero-order valence-electron chi connectivity index (χ0n) is 16.3. The molecule has 2 aromatic rings. The standard InChI is InChI=1S/C22H29N3O2/c1-3-7-20-14-21(23-27-20)22(26)25(15-16-8-5-4-6-9-16)19-12-17-10-11-18(13-19)24(17)2/h4-6,8-9,14,17-19H,3,7,10-13,15H2,1-2H3/t17-,18+,19?. The molecular formula is C22H29N3O2. The molecule has 2 aliphatic heterocycles. The van der Waals surface area contributed by atoms with Crippen LogP contribution in [0.4, 0.5) is 0 Å². The Hall–Kier alpha value is -2.14. The third kappa shape index (κ3) is 3.79. The van der Waals surface area contributed by atoms with Crippen molar-refractivity contribution in [3.8, 4) is 0 Å². The summed E-state index contributed by atoms with van der Waals surface area (Å²) in [4.78, 5) is 17.9. The molecule has 4 rings (SSSR count). The molecule has 0 saturated carbocycles. The monoisotopic (exact) mass is 367 g/mol. The van der Waals surface area contributed by atoms with E-state index in [1.54, 1.807) is 0 Å². The van der Waals surface area contributed by atoms with E-state index in [1.165, 1.54) is 12.8 Å². The summed E-state index contributed by atoms with van der Waals surface area (Å²) < 4.78 is 5.38. The van der Waals surface area contributed by atoms with E-state index in [1.807, 2.05) is 29.2 Å². The van der Waals surface area contributed by atoms with E-state index < -0.39 is 0 Å². The van der Waals surface area contributed by atoms with Crippen molar-refractivity contribution in [2.24, 2.45) is 0 Å². The van der Waals surface area contributed by atoms with Crippen LogP contribution in [0.3, 0.4) is 0 Å². The molecular weight excluding hydrogens is 338 g/mol. The highest BCUT2D eigenvalue weighted by atomic mass is 16.5. The fourth-order valence-corrected chi connectivity index (χ4v) is 4.71. The van der Waals surface area contributed by atoms with Crippen LogP contribution in [0, 0.1) is 0 Å². The number of nitrogens with zero attached hydrogens (tertiary/aromatic N) is 3. The maximum Gasteiger partial charge on any atom is 0.276 e. The summed E-state index contributed by atoms with van der Waals surface area (Å²) in [5.74, 6) is 0.794. The van der Waals surface area contributed by atoms with Crippen molar-refractivity contribution in [3.05, 3.63) is 53.4 Å². The first kappa shape index (κ1) is 18.2. The number of carbonyl (C=O) groups excluding carboxylic acids is 1. The van der Waals surface area contributed by atoms with Crippen LogP contribution in [-0.2, 0) is 13.0 Å². The molecule has 2 aliphatic rings. The van der Waals surface area contributed by atoms with E-state index in [9.17, 15) is 4.79 Å². The van der Waals surface area contributed by atoms with Gasteiger partial charge in [0.1, 0.15) is 5.76 Å².